The van der Waals surface area contributed by atoms with Crippen LogP contribution in [-0.2, 0) is 23.1 Å². The van der Waals surface area contributed by atoms with Gasteiger partial charge in [-0.3, -0.25) is 13.9 Å². The summed E-state index contributed by atoms with van der Waals surface area (Å²) >= 11 is 0. The normalized spacial score (nSPS) is 12.1. The van der Waals surface area contributed by atoms with Crippen molar-refractivity contribution in [3.63, 3.8) is 0 Å². The van der Waals surface area contributed by atoms with Crippen LogP contribution in [0.2, 0.25) is 0 Å². The molecule has 0 amide bonds. The predicted molar refractivity (Wildman–Crippen MR) is 102 cm³/mol. The molecule has 0 radical (unpaired) electrons. The highest BCUT2D eigenvalue weighted by Crippen LogP contribution is 2.12. The van der Waals surface area contributed by atoms with Gasteiger partial charge < -0.3 is 0 Å². The van der Waals surface area contributed by atoms with Crippen molar-refractivity contribution in [1.29, 1.82) is 0 Å². The van der Waals surface area contributed by atoms with E-state index in [2.05, 4.69) is 4.98 Å². The molecular weight excluding hydrogens is 356 g/mol. The van der Waals surface area contributed by atoms with Crippen molar-refractivity contribution in [2.45, 2.75) is 72.4 Å². The summed E-state index contributed by atoms with van der Waals surface area (Å²) in [6.45, 7) is 6.56. The van der Waals surface area contributed by atoms with Crippen LogP contribution in [0.5, 0.6) is 0 Å². The fraction of sp³-hybridized carbons (Fsp3) is 0.706. The van der Waals surface area contributed by atoms with Crippen LogP contribution in [0, 0.1) is 0 Å². The maximum Gasteiger partial charge on any atom is 0.332 e. The van der Waals surface area contributed by atoms with Gasteiger partial charge in [0.2, 0.25) is 10.0 Å². The summed E-state index contributed by atoms with van der Waals surface area (Å²) in [7, 11) is -3.69. The number of nitrogens with zero attached hydrogens (tertiary/aromatic N) is 4. The molecule has 0 fully saturated rings. The molecule has 26 heavy (non-hydrogen) atoms. The van der Waals surface area contributed by atoms with Crippen molar-refractivity contribution in [3.8, 4) is 0 Å². The molecule has 0 bridgehead atoms. The molecule has 2 aromatic heterocycles. The van der Waals surface area contributed by atoms with Gasteiger partial charge in [0.15, 0.2) is 11.2 Å². The van der Waals surface area contributed by atoms with Gasteiger partial charge in [0.05, 0.1) is 5.75 Å². The largest absolute Gasteiger partial charge is 0.332 e. The van der Waals surface area contributed by atoms with Crippen LogP contribution in [-0.4, -0.2) is 32.3 Å². The Kier molecular flexibility index (Phi) is 6.80. The van der Waals surface area contributed by atoms with Crippen molar-refractivity contribution in [2.24, 2.45) is 0 Å². The third-order valence-electron chi connectivity index (χ3n) is 4.41. The molecule has 0 aliphatic rings. The van der Waals surface area contributed by atoms with Gasteiger partial charge in [0.1, 0.15) is 6.33 Å². The van der Waals surface area contributed by atoms with E-state index in [1.165, 1.54) is 4.57 Å². The first-order valence-electron chi connectivity index (χ1n) is 9.32. The summed E-state index contributed by atoms with van der Waals surface area (Å²) in [5.74, 6) is -0.0581. The second kappa shape index (κ2) is 8.66. The van der Waals surface area contributed by atoms with E-state index in [9.17, 15) is 18.0 Å². The standard InChI is InChI=1S/C17H28N4O4S/c1-4-7-10-19-15-14(16(22)20(17(19)23)11-8-5-2)21(13-18-15)26(24,25)12-9-6-3/h13H,4-12H2,1-3H3. The molecule has 146 valence electrons. The van der Waals surface area contributed by atoms with Crippen molar-refractivity contribution in [2.75, 3.05) is 5.75 Å². The van der Waals surface area contributed by atoms with Crippen LogP contribution in [0.3, 0.4) is 0 Å². The number of unbranched alkanes of at least 4 members (excludes halogenated alkanes) is 3. The zero-order valence-electron chi connectivity index (χ0n) is 15.8. The van der Waals surface area contributed by atoms with Crippen LogP contribution in [0.25, 0.3) is 11.2 Å². The number of fused-ring (bicyclic) bond motifs is 1. The minimum atomic E-state index is -3.69. The molecule has 0 aliphatic heterocycles. The number of rotatable bonds is 10. The Bertz CT molecular complexity index is 969. The average molecular weight is 385 g/mol. The van der Waals surface area contributed by atoms with Gasteiger partial charge in [0, 0.05) is 13.1 Å². The molecule has 0 unspecified atom stereocenters. The predicted octanol–water partition coefficient (Wildman–Crippen LogP) is 1.94. The SMILES string of the molecule is CCCCn1c(=O)c2c(ncn2S(=O)(=O)CCCC)n(CCCC)c1=O. The van der Waals surface area contributed by atoms with Crippen LogP contribution >= 0.6 is 0 Å². The Morgan fingerprint density at radius 3 is 2.08 bits per heavy atom. The summed E-state index contributed by atoms with van der Waals surface area (Å²) in [6, 6.07) is 0. The smallest absolute Gasteiger partial charge is 0.276 e. The Labute approximate surface area is 153 Å². The molecule has 0 aromatic carbocycles. The van der Waals surface area contributed by atoms with Crippen LogP contribution in [0.15, 0.2) is 15.9 Å². The van der Waals surface area contributed by atoms with E-state index in [0.717, 1.165) is 40.6 Å². The molecule has 9 heteroatoms. The van der Waals surface area contributed by atoms with E-state index in [0.29, 0.717) is 19.4 Å². The second-order valence-corrected chi connectivity index (χ2v) is 8.45. The molecule has 2 rings (SSSR count). The van der Waals surface area contributed by atoms with Gasteiger partial charge in [0.25, 0.3) is 5.56 Å². The molecule has 0 aliphatic carbocycles. The van der Waals surface area contributed by atoms with E-state index in [-0.39, 0.29) is 23.5 Å². The second-order valence-electron chi connectivity index (χ2n) is 6.48. The van der Waals surface area contributed by atoms with Gasteiger partial charge in [-0.25, -0.2) is 22.2 Å². The summed E-state index contributed by atoms with van der Waals surface area (Å²) in [6.07, 6.45) is 5.50. The van der Waals surface area contributed by atoms with Gasteiger partial charge >= 0.3 is 5.69 Å². The van der Waals surface area contributed by atoms with Crippen LogP contribution in [0.4, 0.5) is 0 Å². The van der Waals surface area contributed by atoms with Crippen molar-refractivity contribution in [1.82, 2.24) is 18.1 Å². The topological polar surface area (TPSA) is 96.0 Å². The lowest BCUT2D eigenvalue weighted by atomic mass is 10.3. The Balaban J connectivity index is 2.76. The lowest BCUT2D eigenvalue weighted by Crippen LogP contribution is -2.41. The fourth-order valence-corrected chi connectivity index (χ4v) is 4.31. The van der Waals surface area contributed by atoms with E-state index in [4.69, 9.17) is 0 Å². The highest BCUT2D eigenvalue weighted by atomic mass is 32.2. The highest BCUT2D eigenvalue weighted by Gasteiger charge is 2.23. The monoisotopic (exact) mass is 384 g/mol. The van der Waals surface area contributed by atoms with Gasteiger partial charge in [-0.15, -0.1) is 0 Å². The molecule has 2 heterocycles. The first kappa shape index (κ1) is 20.4. The number of hydrogen-bond donors (Lipinski definition) is 0. The molecular formula is C17H28N4O4S. The average Bonchev–Trinajstić information content (AvgIpc) is 3.06. The van der Waals surface area contributed by atoms with Crippen molar-refractivity contribution in [3.05, 3.63) is 27.2 Å². The number of aryl methyl sites for hydroxylation is 1. The van der Waals surface area contributed by atoms with Crippen molar-refractivity contribution >= 4 is 21.2 Å². The summed E-state index contributed by atoms with van der Waals surface area (Å²) < 4.78 is 28.8. The molecule has 0 saturated heterocycles. The van der Waals surface area contributed by atoms with E-state index in [1.54, 1.807) is 0 Å². The number of aromatic nitrogens is 4. The minimum absolute atomic E-state index is 0.0205. The van der Waals surface area contributed by atoms with E-state index >= 15 is 0 Å². The molecule has 0 atom stereocenters. The van der Waals surface area contributed by atoms with Crippen LogP contribution < -0.4 is 11.2 Å². The quantitative estimate of drug-likeness (QED) is 0.624. The zero-order chi connectivity index (χ0) is 19.3. The highest BCUT2D eigenvalue weighted by molar-refractivity contribution is 7.90. The van der Waals surface area contributed by atoms with E-state index < -0.39 is 21.3 Å². The maximum absolute atomic E-state index is 12.9. The van der Waals surface area contributed by atoms with Crippen LogP contribution in [0.1, 0.15) is 59.3 Å². The minimum Gasteiger partial charge on any atom is -0.276 e. The molecule has 0 saturated carbocycles. The first-order valence-corrected chi connectivity index (χ1v) is 10.9. The van der Waals surface area contributed by atoms with Gasteiger partial charge in [-0.2, -0.15) is 0 Å². The van der Waals surface area contributed by atoms with E-state index in [1.807, 2.05) is 20.8 Å². The summed E-state index contributed by atoms with van der Waals surface area (Å²) in [5, 5.41) is 0. The summed E-state index contributed by atoms with van der Waals surface area (Å²) in [5.41, 5.74) is -0.862. The fourth-order valence-electron chi connectivity index (χ4n) is 2.83. The van der Waals surface area contributed by atoms with Gasteiger partial charge in [-0.05, 0) is 19.3 Å². The Hall–Kier alpha value is -1.90. The Morgan fingerprint density at radius 1 is 0.923 bits per heavy atom. The molecule has 0 spiro atoms. The zero-order valence-corrected chi connectivity index (χ0v) is 16.6. The lowest BCUT2D eigenvalue weighted by Gasteiger charge is -2.12. The lowest BCUT2D eigenvalue weighted by molar-refractivity contribution is 0.529. The first-order chi connectivity index (χ1) is 12.4. The Morgan fingerprint density at radius 2 is 1.50 bits per heavy atom. The maximum atomic E-state index is 12.9. The summed E-state index contributed by atoms with van der Waals surface area (Å²) in [4.78, 5) is 29.8. The third-order valence-corrected chi connectivity index (χ3v) is 6.09. The number of hydrogen-bond acceptors (Lipinski definition) is 5. The van der Waals surface area contributed by atoms with Crippen molar-refractivity contribution < 1.29 is 8.42 Å². The molecule has 0 N–H and O–H groups in total. The number of imidazole rings is 1. The third kappa shape index (κ3) is 3.92. The van der Waals surface area contributed by atoms with Gasteiger partial charge in [-0.1, -0.05) is 40.0 Å². The molecule has 2 aromatic rings. The molecule has 8 nitrogen and oxygen atoms in total.